The van der Waals surface area contributed by atoms with Gasteiger partial charge in [0, 0.05) is 4.90 Å². The molecule has 0 unspecified atom stereocenters. The fourth-order valence-corrected chi connectivity index (χ4v) is 2.94. The molecule has 2 rings (SSSR count). The first kappa shape index (κ1) is 17.4. The highest BCUT2D eigenvalue weighted by Crippen LogP contribution is 2.35. The van der Waals surface area contributed by atoms with Crippen molar-refractivity contribution in [2.24, 2.45) is 0 Å². The fourth-order valence-electron chi connectivity index (χ4n) is 2.02. The first-order valence-corrected chi connectivity index (χ1v) is 8.11. The minimum absolute atomic E-state index is 0.236. The van der Waals surface area contributed by atoms with Crippen LogP contribution in [0.1, 0.15) is 29.3 Å². The normalized spacial score (nSPS) is 11.3. The van der Waals surface area contributed by atoms with Crippen molar-refractivity contribution in [1.29, 1.82) is 0 Å². The van der Waals surface area contributed by atoms with Crippen LogP contribution >= 0.6 is 11.8 Å². The van der Waals surface area contributed by atoms with E-state index in [0.29, 0.717) is 5.56 Å². The van der Waals surface area contributed by atoms with Crippen LogP contribution in [0.25, 0.3) is 0 Å². The molecule has 0 aliphatic carbocycles. The number of nitrogens with one attached hydrogen (secondary N) is 1. The maximum Gasteiger partial charge on any atom is 0.418 e. The summed E-state index contributed by atoms with van der Waals surface area (Å²) in [6.07, 6.45) is -3.57. The fraction of sp³-hybridized carbons (Fsp3) is 0.235. The Morgan fingerprint density at radius 3 is 2.43 bits per heavy atom. The van der Waals surface area contributed by atoms with Crippen LogP contribution in [-0.2, 0) is 6.18 Å². The molecule has 0 atom stereocenters. The molecule has 1 N–H and O–H groups in total. The van der Waals surface area contributed by atoms with Gasteiger partial charge in [-0.05, 0) is 36.4 Å². The Balaban J connectivity index is 2.27. The summed E-state index contributed by atoms with van der Waals surface area (Å²) in [4.78, 5) is 13.1. The Bertz CT molecular complexity index is 686. The third-order valence-electron chi connectivity index (χ3n) is 3.07. The van der Waals surface area contributed by atoms with Gasteiger partial charge in [-0.1, -0.05) is 31.2 Å². The molecular weight excluding hydrogens is 323 g/mol. The van der Waals surface area contributed by atoms with Gasteiger partial charge in [-0.2, -0.15) is 13.2 Å². The number of alkyl halides is 3. The van der Waals surface area contributed by atoms with Crippen molar-refractivity contribution < 1.29 is 18.0 Å². The molecule has 0 bridgehead atoms. The summed E-state index contributed by atoms with van der Waals surface area (Å²) in [5, 5.41) is 2.38. The topological polar surface area (TPSA) is 29.1 Å². The van der Waals surface area contributed by atoms with E-state index in [2.05, 4.69) is 5.32 Å². The molecule has 122 valence electrons. The summed E-state index contributed by atoms with van der Waals surface area (Å²) in [6, 6.07) is 11.9. The molecule has 0 aliphatic heterocycles. The number of carbonyl (C=O) groups excluding carboxylic acids is 1. The monoisotopic (exact) mass is 339 g/mol. The zero-order valence-electron chi connectivity index (χ0n) is 12.5. The van der Waals surface area contributed by atoms with Crippen molar-refractivity contribution in [1.82, 2.24) is 0 Å². The molecule has 2 aromatic rings. The summed E-state index contributed by atoms with van der Waals surface area (Å²) in [5.41, 5.74) is -0.713. The van der Waals surface area contributed by atoms with Gasteiger partial charge in [0.15, 0.2) is 0 Å². The number of rotatable bonds is 5. The molecule has 0 spiro atoms. The number of benzene rings is 2. The SMILES string of the molecule is CCCSc1ccccc1C(=O)Nc1ccccc1C(F)(F)F. The van der Waals surface area contributed by atoms with Crippen LogP contribution in [-0.4, -0.2) is 11.7 Å². The van der Waals surface area contributed by atoms with Gasteiger partial charge in [-0.25, -0.2) is 0 Å². The molecule has 0 aliphatic rings. The van der Waals surface area contributed by atoms with Crippen LogP contribution in [0.15, 0.2) is 53.4 Å². The Morgan fingerprint density at radius 2 is 1.74 bits per heavy atom. The Labute approximate surface area is 137 Å². The smallest absolute Gasteiger partial charge is 0.321 e. The lowest BCUT2D eigenvalue weighted by molar-refractivity contribution is -0.136. The molecule has 0 aromatic heterocycles. The number of hydrogen-bond donors (Lipinski definition) is 1. The van der Waals surface area contributed by atoms with Gasteiger partial charge in [0.05, 0.1) is 16.8 Å². The van der Waals surface area contributed by atoms with Crippen LogP contribution < -0.4 is 5.32 Å². The number of carbonyl (C=O) groups is 1. The highest BCUT2D eigenvalue weighted by atomic mass is 32.2. The molecular formula is C17H16F3NOS. The largest absolute Gasteiger partial charge is 0.418 e. The predicted octanol–water partition coefficient (Wildman–Crippen LogP) is 5.46. The number of thioether (sulfide) groups is 1. The van der Waals surface area contributed by atoms with Gasteiger partial charge >= 0.3 is 6.18 Å². The summed E-state index contributed by atoms with van der Waals surface area (Å²) in [6.45, 7) is 2.02. The van der Waals surface area contributed by atoms with E-state index in [9.17, 15) is 18.0 Å². The minimum Gasteiger partial charge on any atom is -0.321 e. The zero-order valence-corrected chi connectivity index (χ0v) is 13.3. The summed E-state index contributed by atoms with van der Waals surface area (Å²) in [7, 11) is 0. The van der Waals surface area contributed by atoms with Crippen molar-refractivity contribution in [3.8, 4) is 0 Å². The van der Waals surface area contributed by atoms with Crippen LogP contribution in [0.3, 0.4) is 0 Å². The number of amides is 1. The standard InChI is InChI=1S/C17H16F3NOS/c1-2-11-23-15-10-6-3-7-12(15)16(22)21-14-9-5-4-8-13(14)17(18,19)20/h3-10H,2,11H2,1H3,(H,21,22). The van der Waals surface area contributed by atoms with Crippen molar-refractivity contribution in [3.63, 3.8) is 0 Å². The van der Waals surface area contributed by atoms with E-state index in [1.807, 2.05) is 6.92 Å². The van der Waals surface area contributed by atoms with Crippen molar-refractivity contribution in [2.75, 3.05) is 11.1 Å². The Hall–Kier alpha value is -1.95. The summed E-state index contributed by atoms with van der Waals surface area (Å²) < 4.78 is 39.0. The van der Waals surface area contributed by atoms with E-state index < -0.39 is 17.6 Å². The van der Waals surface area contributed by atoms with Gasteiger partial charge in [-0.3, -0.25) is 4.79 Å². The van der Waals surface area contributed by atoms with Gasteiger partial charge in [0.25, 0.3) is 5.91 Å². The van der Waals surface area contributed by atoms with Crippen molar-refractivity contribution in [2.45, 2.75) is 24.4 Å². The van der Waals surface area contributed by atoms with E-state index >= 15 is 0 Å². The van der Waals surface area contributed by atoms with E-state index in [0.717, 1.165) is 23.1 Å². The summed E-state index contributed by atoms with van der Waals surface area (Å²) in [5.74, 6) is 0.296. The number of para-hydroxylation sites is 1. The van der Waals surface area contributed by atoms with Crippen LogP contribution in [0, 0.1) is 0 Å². The van der Waals surface area contributed by atoms with E-state index in [4.69, 9.17) is 0 Å². The predicted molar refractivity (Wildman–Crippen MR) is 86.9 cm³/mol. The first-order valence-electron chi connectivity index (χ1n) is 7.13. The third kappa shape index (κ3) is 4.51. The third-order valence-corrected chi connectivity index (χ3v) is 4.35. The molecule has 0 radical (unpaired) electrons. The number of anilines is 1. The lowest BCUT2D eigenvalue weighted by atomic mass is 10.1. The minimum atomic E-state index is -4.51. The number of hydrogen-bond acceptors (Lipinski definition) is 2. The molecule has 6 heteroatoms. The van der Waals surface area contributed by atoms with Gasteiger partial charge in [0.1, 0.15) is 0 Å². The van der Waals surface area contributed by atoms with E-state index in [1.165, 1.54) is 30.0 Å². The molecule has 23 heavy (non-hydrogen) atoms. The van der Waals surface area contributed by atoms with E-state index in [-0.39, 0.29) is 5.69 Å². The average Bonchev–Trinajstić information content (AvgIpc) is 2.52. The highest BCUT2D eigenvalue weighted by molar-refractivity contribution is 7.99. The molecule has 0 fully saturated rings. The molecule has 2 aromatic carbocycles. The van der Waals surface area contributed by atoms with Gasteiger partial charge < -0.3 is 5.32 Å². The molecule has 1 amide bonds. The number of halogens is 3. The second-order valence-corrected chi connectivity index (χ2v) is 5.98. The van der Waals surface area contributed by atoms with Gasteiger partial charge in [0.2, 0.25) is 0 Å². The summed E-state index contributed by atoms with van der Waals surface area (Å²) >= 11 is 1.51. The van der Waals surface area contributed by atoms with E-state index in [1.54, 1.807) is 24.3 Å². The zero-order chi connectivity index (χ0) is 16.9. The van der Waals surface area contributed by atoms with Crippen LogP contribution in [0.5, 0.6) is 0 Å². The van der Waals surface area contributed by atoms with Crippen molar-refractivity contribution >= 4 is 23.4 Å². The average molecular weight is 339 g/mol. The maximum atomic E-state index is 13.0. The lowest BCUT2D eigenvalue weighted by Gasteiger charge is -2.14. The molecule has 0 saturated heterocycles. The first-order chi connectivity index (χ1) is 10.9. The highest BCUT2D eigenvalue weighted by Gasteiger charge is 2.33. The Kier molecular flexibility index (Phi) is 5.71. The van der Waals surface area contributed by atoms with Crippen LogP contribution in [0.2, 0.25) is 0 Å². The Morgan fingerprint density at radius 1 is 1.09 bits per heavy atom. The van der Waals surface area contributed by atoms with Crippen molar-refractivity contribution in [3.05, 3.63) is 59.7 Å². The molecule has 2 nitrogen and oxygen atoms in total. The van der Waals surface area contributed by atoms with Gasteiger partial charge in [-0.15, -0.1) is 11.8 Å². The second kappa shape index (κ2) is 7.55. The van der Waals surface area contributed by atoms with Crippen LogP contribution in [0.4, 0.5) is 18.9 Å². The molecule has 0 saturated carbocycles. The second-order valence-electron chi connectivity index (χ2n) is 4.84. The quantitative estimate of drug-likeness (QED) is 0.733. The maximum absolute atomic E-state index is 13.0. The lowest BCUT2D eigenvalue weighted by Crippen LogP contribution is -2.17. The molecule has 0 heterocycles.